The van der Waals surface area contributed by atoms with Crippen LogP contribution in [0.25, 0.3) is 0 Å². The third kappa shape index (κ3) is 10.2. The van der Waals surface area contributed by atoms with Gasteiger partial charge in [0.1, 0.15) is 12.6 Å². The molecule has 1 aromatic rings. The molecular weight excluding hydrogens is 362 g/mol. The van der Waals surface area contributed by atoms with E-state index in [1.807, 2.05) is 36.4 Å². The monoisotopic (exact) mass is 389 g/mol. The van der Waals surface area contributed by atoms with Crippen molar-refractivity contribution in [3.05, 3.63) is 35.9 Å². The summed E-state index contributed by atoms with van der Waals surface area (Å²) in [6.07, 6.45) is 1.75. The van der Waals surface area contributed by atoms with Crippen molar-refractivity contribution in [2.45, 2.75) is 51.7 Å². The van der Waals surface area contributed by atoms with Crippen LogP contribution in [0.1, 0.15) is 44.6 Å². The summed E-state index contributed by atoms with van der Waals surface area (Å²) in [5.41, 5.74) is 0.910. The van der Waals surface area contributed by atoms with Gasteiger partial charge in [-0.3, -0.25) is 4.79 Å². The van der Waals surface area contributed by atoms with Crippen molar-refractivity contribution >= 4 is 18.0 Å². The van der Waals surface area contributed by atoms with Crippen molar-refractivity contribution in [3.8, 4) is 6.07 Å². The van der Waals surface area contributed by atoms with Crippen LogP contribution in [0.2, 0.25) is 0 Å². The molecule has 8 heteroatoms. The average Bonchev–Trinajstić information content (AvgIpc) is 2.69. The summed E-state index contributed by atoms with van der Waals surface area (Å²) in [5, 5.41) is 22.9. The summed E-state index contributed by atoms with van der Waals surface area (Å²) >= 11 is 0. The molecule has 1 rings (SSSR count). The summed E-state index contributed by atoms with van der Waals surface area (Å²) in [6, 6.07) is 10.3. The number of carboxylic acids is 1. The number of rotatable bonds is 12. The second-order valence-electron chi connectivity index (χ2n) is 6.52. The zero-order valence-electron chi connectivity index (χ0n) is 16.0. The van der Waals surface area contributed by atoms with Crippen LogP contribution in [0, 0.1) is 17.2 Å². The van der Waals surface area contributed by atoms with Gasteiger partial charge in [-0.15, -0.1) is 0 Å². The van der Waals surface area contributed by atoms with Crippen molar-refractivity contribution in [3.63, 3.8) is 0 Å². The number of carboxylic acid groups (broad SMARTS) is 1. The van der Waals surface area contributed by atoms with E-state index in [1.54, 1.807) is 6.92 Å². The van der Waals surface area contributed by atoms with Crippen LogP contribution in [0.4, 0.5) is 4.79 Å². The summed E-state index contributed by atoms with van der Waals surface area (Å²) in [6.45, 7) is 2.26. The van der Waals surface area contributed by atoms with Gasteiger partial charge in [0.15, 0.2) is 0 Å². The Bertz CT molecular complexity index is 672. The zero-order chi connectivity index (χ0) is 20.8. The number of ether oxygens (including phenoxy) is 1. The van der Waals surface area contributed by atoms with Crippen LogP contribution >= 0.6 is 0 Å². The Morgan fingerprint density at radius 2 is 1.89 bits per heavy atom. The smallest absolute Gasteiger partial charge is 0.407 e. The number of nitriles is 1. The lowest BCUT2D eigenvalue weighted by Crippen LogP contribution is -2.41. The number of unbranched alkanes of at least 4 members (excludes halogenated alkanes) is 2. The van der Waals surface area contributed by atoms with Gasteiger partial charge in [-0.2, -0.15) is 5.26 Å². The van der Waals surface area contributed by atoms with E-state index in [0.29, 0.717) is 25.8 Å². The standard InChI is InChI=1S/C20H27N3O5/c1-15(13-21)12-17(19(25)26)23-18(24)10-6-3-7-11-22-20(27)28-14-16-8-4-2-5-9-16/h2,4-5,8-9,15,17H,3,6-7,10-12,14H2,1H3,(H,22,27)(H,23,24)(H,25,26)/t15-,17-/m1/s1. The molecule has 0 aliphatic heterocycles. The minimum atomic E-state index is -1.14. The topological polar surface area (TPSA) is 129 Å². The minimum absolute atomic E-state index is 0.0760. The number of alkyl carbamates (subject to hydrolysis) is 1. The van der Waals surface area contributed by atoms with Crippen molar-refractivity contribution < 1.29 is 24.2 Å². The molecule has 28 heavy (non-hydrogen) atoms. The Morgan fingerprint density at radius 1 is 1.18 bits per heavy atom. The van der Waals surface area contributed by atoms with Gasteiger partial charge in [-0.05, 0) is 31.7 Å². The molecule has 152 valence electrons. The quantitative estimate of drug-likeness (QED) is 0.471. The van der Waals surface area contributed by atoms with Gasteiger partial charge in [-0.1, -0.05) is 36.8 Å². The molecule has 0 bridgehead atoms. The lowest BCUT2D eigenvalue weighted by Gasteiger charge is -2.15. The van der Waals surface area contributed by atoms with Gasteiger partial charge in [0.05, 0.1) is 6.07 Å². The highest BCUT2D eigenvalue weighted by Gasteiger charge is 2.22. The maximum atomic E-state index is 11.8. The molecule has 0 aliphatic carbocycles. The Balaban J connectivity index is 2.11. The number of carbonyl (C=O) groups is 3. The summed E-state index contributed by atoms with van der Waals surface area (Å²) in [7, 11) is 0. The van der Waals surface area contributed by atoms with E-state index in [-0.39, 0.29) is 25.4 Å². The minimum Gasteiger partial charge on any atom is -0.480 e. The van der Waals surface area contributed by atoms with Gasteiger partial charge in [-0.25, -0.2) is 9.59 Å². The van der Waals surface area contributed by atoms with Crippen LogP contribution in [0.5, 0.6) is 0 Å². The molecule has 2 amide bonds. The lowest BCUT2D eigenvalue weighted by atomic mass is 10.0. The molecule has 0 aromatic heterocycles. The first-order chi connectivity index (χ1) is 13.4. The normalized spacial score (nSPS) is 12.3. The molecule has 8 nitrogen and oxygen atoms in total. The molecule has 1 aromatic carbocycles. The number of benzene rings is 1. The maximum Gasteiger partial charge on any atom is 0.407 e. The molecule has 0 heterocycles. The van der Waals surface area contributed by atoms with E-state index in [0.717, 1.165) is 5.56 Å². The van der Waals surface area contributed by atoms with Gasteiger partial charge >= 0.3 is 12.1 Å². The van der Waals surface area contributed by atoms with Gasteiger partial charge in [0.2, 0.25) is 5.91 Å². The average molecular weight is 389 g/mol. The third-order valence-electron chi connectivity index (χ3n) is 4.01. The number of hydrogen-bond donors (Lipinski definition) is 3. The molecule has 0 unspecified atom stereocenters. The molecule has 3 N–H and O–H groups in total. The second kappa shape index (κ2) is 13.1. The van der Waals surface area contributed by atoms with Crippen LogP contribution in [0.3, 0.4) is 0 Å². The zero-order valence-corrected chi connectivity index (χ0v) is 16.0. The number of aliphatic carboxylic acids is 1. The van der Waals surface area contributed by atoms with Crippen LogP contribution in [-0.2, 0) is 20.9 Å². The number of amides is 2. The van der Waals surface area contributed by atoms with Crippen LogP contribution in [0.15, 0.2) is 30.3 Å². The Morgan fingerprint density at radius 3 is 2.54 bits per heavy atom. The highest BCUT2D eigenvalue weighted by molar-refractivity contribution is 5.83. The third-order valence-corrected chi connectivity index (χ3v) is 4.01. The highest BCUT2D eigenvalue weighted by atomic mass is 16.5. The molecular formula is C20H27N3O5. The molecule has 0 aliphatic rings. The Kier molecular flexibility index (Phi) is 10.8. The fourth-order valence-corrected chi connectivity index (χ4v) is 2.45. The first-order valence-corrected chi connectivity index (χ1v) is 9.28. The molecule has 0 spiro atoms. The van der Waals surface area contributed by atoms with E-state index < -0.39 is 24.0 Å². The summed E-state index contributed by atoms with van der Waals surface area (Å²) in [5.74, 6) is -1.95. The lowest BCUT2D eigenvalue weighted by molar-refractivity contribution is -0.142. The van der Waals surface area contributed by atoms with Crippen LogP contribution in [-0.4, -0.2) is 35.7 Å². The first-order valence-electron chi connectivity index (χ1n) is 9.28. The van der Waals surface area contributed by atoms with E-state index >= 15 is 0 Å². The molecule has 0 saturated carbocycles. The van der Waals surface area contributed by atoms with E-state index in [9.17, 15) is 14.4 Å². The Hall–Kier alpha value is -3.08. The Labute approximate surface area is 164 Å². The van der Waals surface area contributed by atoms with Crippen LogP contribution < -0.4 is 10.6 Å². The molecule has 0 saturated heterocycles. The fourth-order valence-electron chi connectivity index (χ4n) is 2.45. The second-order valence-corrected chi connectivity index (χ2v) is 6.52. The predicted octanol–water partition coefficient (Wildman–Crippen LogP) is 2.59. The van der Waals surface area contributed by atoms with Gasteiger partial charge in [0, 0.05) is 18.9 Å². The predicted molar refractivity (Wildman–Crippen MR) is 102 cm³/mol. The number of nitrogens with one attached hydrogen (secondary N) is 2. The van der Waals surface area contributed by atoms with E-state index in [4.69, 9.17) is 15.1 Å². The number of carbonyl (C=O) groups excluding carboxylic acids is 2. The largest absolute Gasteiger partial charge is 0.480 e. The molecule has 0 fully saturated rings. The maximum absolute atomic E-state index is 11.8. The fraction of sp³-hybridized carbons (Fsp3) is 0.500. The van der Waals surface area contributed by atoms with Crippen molar-refractivity contribution in [2.75, 3.05) is 6.54 Å². The van der Waals surface area contributed by atoms with Crippen molar-refractivity contribution in [2.24, 2.45) is 5.92 Å². The van der Waals surface area contributed by atoms with Crippen molar-refractivity contribution in [1.82, 2.24) is 10.6 Å². The van der Waals surface area contributed by atoms with E-state index in [2.05, 4.69) is 10.6 Å². The summed E-state index contributed by atoms with van der Waals surface area (Å²) < 4.78 is 5.09. The first kappa shape index (κ1) is 23.0. The van der Waals surface area contributed by atoms with Gasteiger partial charge < -0.3 is 20.5 Å². The SMILES string of the molecule is C[C@@H](C#N)C[C@@H](NC(=O)CCCCCNC(=O)OCc1ccccc1)C(=O)O. The highest BCUT2D eigenvalue weighted by Crippen LogP contribution is 2.07. The number of nitrogens with zero attached hydrogens (tertiary/aromatic N) is 1. The number of hydrogen-bond acceptors (Lipinski definition) is 5. The molecule has 0 radical (unpaired) electrons. The van der Waals surface area contributed by atoms with E-state index in [1.165, 1.54) is 0 Å². The summed E-state index contributed by atoms with van der Waals surface area (Å²) in [4.78, 5) is 34.6. The van der Waals surface area contributed by atoms with Gasteiger partial charge in [0.25, 0.3) is 0 Å². The molecule has 2 atom stereocenters. The van der Waals surface area contributed by atoms with Crippen molar-refractivity contribution in [1.29, 1.82) is 5.26 Å².